The van der Waals surface area contributed by atoms with E-state index in [4.69, 9.17) is 5.26 Å². The summed E-state index contributed by atoms with van der Waals surface area (Å²) in [7, 11) is 0. The van der Waals surface area contributed by atoms with Crippen LogP contribution in [0.5, 0.6) is 0 Å². The average molecular weight is 249 g/mol. The lowest BCUT2D eigenvalue weighted by Crippen LogP contribution is -2.55. The summed E-state index contributed by atoms with van der Waals surface area (Å²) in [6, 6.07) is 2.20. The van der Waals surface area contributed by atoms with Gasteiger partial charge in [0.05, 0.1) is 18.5 Å². The number of nitrogens with zero attached hydrogens (tertiary/aromatic N) is 2. The molecule has 0 spiro atoms. The molecule has 1 heterocycles. The third-order valence-electron chi connectivity index (χ3n) is 4.30. The zero-order valence-electron chi connectivity index (χ0n) is 11.4. The highest BCUT2D eigenvalue weighted by Crippen LogP contribution is 2.33. The molecule has 4 heteroatoms. The summed E-state index contributed by atoms with van der Waals surface area (Å²) < 4.78 is 0. The molecule has 1 amide bonds. The van der Waals surface area contributed by atoms with Gasteiger partial charge in [0.1, 0.15) is 0 Å². The molecule has 18 heavy (non-hydrogen) atoms. The smallest absolute Gasteiger partial charge is 0.241 e. The lowest BCUT2D eigenvalue weighted by molar-refractivity contribution is -0.140. The first-order valence-corrected chi connectivity index (χ1v) is 7.00. The molecule has 2 rings (SSSR count). The minimum atomic E-state index is -0.308. The van der Waals surface area contributed by atoms with Crippen molar-refractivity contribution in [3.63, 3.8) is 0 Å². The SMILES string of the molecule is CC1(C)CCNC(CC#N)C(=O)N1C1CCCC1. The molecule has 1 unspecified atom stereocenters. The topological polar surface area (TPSA) is 56.1 Å². The van der Waals surface area contributed by atoms with E-state index in [9.17, 15) is 4.79 Å². The number of nitriles is 1. The van der Waals surface area contributed by atoms with Crippen LogP contribution in [0, 0.1) is 11.3 Å². The average Bonchev–Trinajstić information content (AvgIpc) is 2.77. The molecule has 0 aromatic heterocycles. The van der Waals surface area contributed by atoms with Crippen LogP contribution in [0.25, 0.3) is 0 Å². The van der Waals surface area contributed by atoms with Crippen molar-refractivity contribution in [3.8, 4) is 6.07 Å². The fraction of sp³-hybridized carbons (Fsp3) is 0.857. The molecule has 0 bridgehead atoms. The van der Waals surface area contributed by atoms with E-state index in [1.807, 2.05) is 0 Å². The van der Waals surface area contributed by atoms with E-state index in [-0.39, 0.29) is 23.9 Å². The van der Waals surface area contributed by atoms with E-state index < -0.39 is 0 Å². The van der Waals surface area contributed by atoms with Gasteiger partial charge in [-0.3, -0.25) is 4.79 Å². The van der Waals surface area contributed by atoms with Gasteiger partial charge < -0.3 is 10.2 Å². The Balaban J connectivity index is 2.23. The fourth-order valence-corrected chi connectivity index (χ4v) is 3.31. The number of hydrogen-bond acceptors (Lipinski definition) is 3. The van der Waals surface area contributed by atoms with Crippen LogP contribution in [-0.2, 0) is 4.79 Å². The van der Waals surface area contributed by atoms with Gasteiger partial charge in [0.25, 0.3) is 0 Å². The molecule has 1 N–H and O–H groups in total. The van der Waals surface area contributed by atoms with Crippen LogP contribution in [0.4, 0.5) is 0 Å². The number of carbonyl (C=O) groups is 1. The molecule has 1 atom stereocenters. The predicted octanol–water partition coefficient (Wildman–Crippen LogP) is 1.81. The Bertz CT molecular complexity index is 353. The maximum Gasteiger partial charge on any atom is 0.241 e. The Labute approximate surface area is 109 Å². The highest BCUT2D eigenvalue weighted by molar-refractivity contribution is 5.83. The molecule has 1 aliphatic carbocycles. The molecule has 1 aliphatic heterocycles. The lowest BCUT2D eigenvalue weighted by atomic mass is 9.95. The standard InChI is InChI=1S/C14H23N3O/c1-14(2)8-10-16-12(7-9-15)13(18)17(14)11-5-3-4-6-11/h11-12,16H,3-8,10H2,1-2H3. The molecule has 2 fully saturated rings. The Kier molecular flexibility index (Phi) is 3.91. The fourth-order valence-electron chi connectivity index (χ4n) is 3.31. The second-order valence-electron chi connectivity index (χ2n) is 6.08. The van der Waals surface area contributed by atoms with Crippen LogP contribution in [-0.4, -0.2) is 35.0 Å². The van der Waals surface area contributed by atoms with E-state index in [1.54, 1.807) is 0 Å². The number of rotatable bonds is 2. The van der Waals surface area contributed by atoms with Crippen molar-refractivity contribution in [2.45, 2.75) is 70.0 Å². The van der Waals surface area contributed by atoms with Crippen LogP contribution in [0.3, 0.4) is 0 Å². The minimum Gasteiger partial charge on any atom is -0.333 e. The summed E-state index contributed by atoms with van der Waals surface area (Å²) in [6.07, 6.45) is 5.92. The van der Waals surface area contributed by atoms with Gasteiger partial charge in [-0.1, -0.05) is 12.8 Å². The zero-order valence-corrected chi connectivity index (χ0v) is 11.4. The first kappa shape index (κ1) is 13.4. The quantitative estimate of drug-likeness (QED) is 0.812. The van der Waals surface area contributed by atoms with Crippen LogP contribution in [0.15, 0.2) is 0 Å². The molecule has 0 aromatic rings. The number of amides is 1. The third kappa shape index (κ3) is 2.51. The van der Waals surface area contributed by atoms with Gasteiger partial charge in [-0.05, 0) is 39.7 Å². The van der Waals surface area contributed by atoms with Crippen molar-refractivity contribution in [2.24, 2.45) is 0 Å². The highest BCUT2D eigenvalue weighted by Gasteiger charge is 2.41. The molecule has 2 aliphatic rings. The van der Waals surface area contributed by atoms with Crippen molar-refractivity contribution < 1.29 is 4.79 Å². The van der Waals surface area contributed by atoms with Gasteiger partial charge in [-0.15, -0.1) is 0 Å². The number of carbonyl (C=O) groups excluding carboxylic acids is 1. The first-order chi connectivity index (χ1) is 8.56. The molecule has 0 radical (unpaired) electrons. The highest BCUT2D eigenvalue weighted by atomic mass is 16.2. The Morgan fingerprint density at radius 1 is 1.44 bits per heavy atom. The Morgan fingerprint density at radius 3 is 2.72 bits per heavy atom. The summed E-state index contributed by atoms with van der Waals surface area (Å²) in [5.74, 6) is 0.131. The minimum absolute atomic E-state index is 0.0940. The predicted molar refractivity (Wildman–Crippen MR) is 69.8 cm³/mol. The van der Waals surface area contributed by atoms with Gasteiger partial charge in [0.2, 0.25) is 5.91 Å². The largest absolute Gasteiger partial charge is 0.333 e. The van der Waals surface area contributed by atoms with E-state index in [0.29, 0.717) is 6.04 Å². The van der Waals surface area contributed by atoms with Gasteiger partial charge in [0, 0.05) is 11.6 Å². The van der Waals surface area contributed by atoms with Crippen LogP contribution >= 0.6 is 0 Å². The van der Waals surface area contributed by atoms with Crippen LogP contribution in [0.2, 0.25) is 0 Å². The molecule has 100 valence electrons. The zero-order chi connectivity index (χ0) is 13.2. The van der Waals surface area contributed by atoms with E-state index >= 15 is 0 Å². The van der Waals surface area contributed by atoms with Gasteiger partial charge >= 0.3 is 0 Å². The molecule has 4 nitrogen and oxygen atoms in total. The summed E-state index contributed by atoms with van der Waals surface area (Å²) in [5.41, 5.74) is -0.0940. The second-order valence-corrected chi connectivity index (χ2v) is 6.08. The van der Waals surface area contributed by atoms with Crippen LogP contribution in [0.1, 0.15) is 52.4 Å². The van der Waals surface area contributed by atoms with E-state index in [0.717, 1.165) is 25.8 Å². The second kappa shape index (κ2) is 5.27. The normalized spacial score (nSPS) is 29.1. The Morgan fingerprint density at radius 2 is 2.11 bits per heavy atom. The molecular formula is C14H23N3O. The summed E-state index contributed by atoms with van der Waals surface area (Å²) in [6.45, 7) is 5.12. The maximum absolute atomic E-state index is 12.7. The van der Waals surface area contributed by atoms with Crippen molar-refractivity contribution >= 4 is 5.91 Å². The third-order valence-corrected chi connectivity index (χ3v) is 4.30. The summed E-state index contributed by atoms with van der Waals surface area (Å²) in [5, 5.41) is 12.1. The molecule has 0 aromatic carbocycles. The molecule has 1 saturated heterocycles. The van der Waals surface area contributed by atoms with Gasteiger partial charge in [-0.25, -0.2) is 0 Å². The van der Waals surface area contributed by atoms with E-state index in [1.165, 1.54) is 12.8 Å². The number of hydrogen-bond donors (Lipinski definition) is 1. The molecular weight excluding hydrogens is 226 g/mol. The van der Waals surface area contributed by atoms with Crippen LogP contribution < -0.4 is 5.32 Å². The number of nitrogens with one attached hydrogen (secondary N) is 1. The first-order valence-electron chi connectivity index (χ1n) is 7.00. The summed E-state index contributed by atoms with van der Waals surface area (Å²) in [4.78, 5) is 14.7. The van der Waals surface area contributed by atoms with Crippen molar-refractivity contribution in [1.82, 2.24) is 10.2 Å². The maximum atomic E-state index is 12.7. The van der Waals surface area contributed by atoms with Gasteiger partial charge in [0.15, 0.2) is 0 Å². The Hall–Kier alpha value is -1.08. The summed E-state index contributed by atoms with van der Waals surface area (Å²) >= 11 is 0. The van der Waals surface area contributed by atoms with Crippen molar-refractivity contribution in [3.05, 3.63) is 0 Å². The molecule has 1 saturated carbocycles. The van der Waals surface area contributed by atoms with Crippen molar-refractivity contribution in [1.29, 1.82) is 5.26 Å². The monoisotopic (exact) mass is 249 g/mol. The van der Waals surface area contributed by atoms with Crippen molar-refractivity contribution in [2.75, 3.05) is 6.54 Å². The van der Waals surface area contributed by atoms with E-state index in [2.05, 4.69) is 30.1 Å². The lowest BCUT2D eigenvalue weighted by Gasteiger charge is -2.42. The van der Waals surface area contributed by atoms with Gasteiger partial charge in [-0.2, -0.15) is 5.26 Å².